The molecule has 2 heterocycles. The van der Waals surface area contributed by atoms with Gasteiger partial charge in [-0.3, -0.25) is 4.68 Å². The second kappa shape index (κ2) is 6.30. The monoisotopic (exact) mass is 278 g/mol. The molecule has 19 heavy (non-hydrogen) atoms. The first kappa shape index (κ1) is 14.2. The predicted molar refractivity (Wildman–Crippen MR) is 79.6 cm³/mol. The van der Waals surface area contributed by atoms with E-state index in [1.165, 1.54) is 16.1 Å². The van der Waals surface area contributed by atoms with Crippen LogP contribution >= 0.6 is 11.3 Å². The molecule has 5 heteroatoms. The van der Waals surface area contributed by atoms with Gasteiger partial charge < -0.3 is 5.32 Å². The summed E-state index contributed by atoms with van der Waals surface area (Å²) in [5.41, 5.74) is 2.41. The van der Waals surface area contributed by atoms with E-state index in [9.17, 15) is 0 Å². The summed E-state index contributed by atoms with van der Waals surface area (Å²) in [5, 5.41) is 9.02. The molecule has 0 aliphatic carbocycles. The SMILES string of the molecule is CCNC(c1cnn(CC)c1)c1nc(CC)c(C)s1. The number of thiazole rings is 1. The van der Waals surface area contributed by atoms with Gasteiger partial charge in [0.25, 0.3) is 0 Å². The van der Waals surface area contributed by atoms with Gasteiger partial charge in [0.1, 0.15) is 5.01 Å². The molecule has 0 saturated heterocycles. The molecule has 0 saturated carbocycles. The minimum absolute atomic E-state index is 0.161. The molecule has 1 N–H and O–H groups in total. The third-order valence-corrected chi connectivity index (χ3v) is 4.29. The highest BCUT2D eigenvalue weighted by Gasteiger charge is 2.19. The first-order valence-corrected chi connectivity index (χ1v) is 7.73. The quantitative estimate of drug-likeness (QED) is 0.883. The van der Waals surface area contributed by atoms with Gasteiger partial charge in [0.2, 0.25) is 0 Å². The van der Waals surface area contributed by atoms with Crippen LogP contribution in [0.15, 0.2) is 12.4 Å². The fourth-order valence-electron chi connectivity index (χ4n) is 2.16. The summed E-state index contributed by atoms with van der Waals surface area (Å²) < 4.78 is 1.96. The van der Waals surface area contributed by atoms with Crippen LogP contribution in [0.5, 0.6) is 0 Å². The van der Waals surface area contributed by atoms with Gasteiger partial charge in [-0.15, -0.1) is 11.3 Å². The van der Waals surface area contributed by atoms with E-state index in [0.717, 1.165) is 24.5 Å². The minimum Gasteiger partial charge on any atom is -0.304 e. The molecule has 0 aliphatic heterocycles. The number of rotatable bonds is 6. The van der Waals surface area contributed by atoms with E-state index in [0.29, 0.717) is 0 Å². The van der Waals surface area contributed by atoms with Crippen LogP contribution in [0.3, 0.4) is 0 Å². The average Bonchev–Trinajstić information content (AvgIpc) is 3.02. The molecule has 2 aromatic rings. The van der Waals surface area contributed by atoms with E-state index < -0.39 is 0 Å². The fourth-order valence-corrected chi connectivity index (χ4v) is 3.27. The van der Waals surface area contributed by atoms with Crippen molar-refractivity contribution in [2.75, 3.05) is 6.54 Å². The minimum atomic E-state index is 0.161. The van der Waals surface area contributed by atoms with Crippen LogP contribution in [0.25, 0.3) is 0 Å². The van der Waals surface area contributed by atoms with E-state index >= 15 is 0 Å². The first-order valence-electron chi connectivity index (χ1n) is 6.91. The number of nitrogens with one attached hydrogen (secondary N) is 1. The fraction of sp³-hybridized carbons (Fsp3) is 0.571. The molecule has 4 nitrogen and oxygen atoms in total. The second-order valence-corrected chi connectivity index (χ2v) is 5.76. The molecule has 0 amide bonds. The van der Waals surface area contributed by atoms with Crippen LogP contribution in [0, 0.1) is 6.92 Å². The topological polar surface area (TPSA) is 42.7 Å². The highest BCUT2D eigenvalue weighted by Crippen LogP contribution is 2.28. The van der Waals surface area contributed by atoms with Crippen LogP contribution in [0.4, 0.5) is 0 Å². The zero-order chi connectivity index (χ0) is 13.8. The van der Waals surface area contributed by atoms with Gasteiger partial charge in [0, 0.05) is 23.2 Å². The summed E-state index contributed by atoms with van der Waals surface area (Å²) in [5.74, 6) is 0. The number of aryl methyl sites for hydroxylation is 3. The highest BCUT2D eigenvalue weighted by molar-refractivity contribution is 7.11. The Kier molecular flexibility index (Phi) is 4.71. The van der Waals surface area contributed by atoms with E-state index in [1.807, 2.05) is 10.9 Å². The molecule has 0 bridgehead atoms. The number of nitrogens with zero attached hydrogens (tertiary/aromatic N) is 3. The maximum Gasteiger partial charge on any atom is 0.115 e. The zero-order valence-electron chi connectivity index (χ0n) is 12.1. The lowest BCUT2D eigenvalue weighted by Crippen LogP contribution is -2.21. The van der Waals surface area contributed by atoms with Gasteiger partial charge >= 0.3 is 0 Å². The van der Waals surface area contributed by atoms with Crippen molar-refractivity contribution >= 4 is 11.3 Å². The molecule has 2 rings (SSSR count). The molecule has 0 spiro atoms. The Bertz CT molecular complexity index is 529. The van der Waals surface area contributed by atoms with Gasteiger partial charge in [0.05, 0.1) is 17.9 Å². The number of hydrogen-bond acceptors (Lipinski definition) is 4. The van der Waals surface area contributed by atoms with E-state index in [-0.39, 0.29) is 6.04 Å². The maximum absolute atomic E-state index is 4.78. The van der Waals surface area contributed by atoms with Crippen LogP contribution < -0.4 is 5.32 Å². The Balaban J connectivity index is 2.32. The van der Waals surface area contributed by atoms with Crippen molar-refractivity contribution in [3.8, 4) is 0 Å². The Morgan fingerprint density at radius 2 is 2.16 bits per heavy atom. The van der Waals surface area contributed by atoms with Crippen molar-refractivity contribution in [3.63, 3.8) is 0 Å². The molecule has 1 unspecified atom stereocenters. The highest BCUT2D eigenvalue weighted by atomic mass is 32.1. The Hall–Kier alpha value is -1.20. The summed E-state index contributed by atoms with van der Waals surface area (Å²) in [6, 6.07) is 0.161. The normalized spacial score (nSPS) is 12.8. The summed E-state index contributed by atoms with van der Waals surface area (Å²) in [7, 11) is 0. The molecule has 2 aromatic heterocycles. The summed E-state index contributed by atoms with van der Waals surface area (Å²) in [6.45, 7) is 10.3. The van der Waals surface area contributed by atoms with E-state index in [2.05, 4.69) is 44.3 Å². The summed E-state index contributed by atoms with van der Waals surface area (Å²) in [6.07, 6.45) is 5.05. The molecule has 0 fully saturated rings. The molecular formula is C14H22N4S. The molecule has 104 valence electrons. The van der Waals surface area contributed by atoms with Crippen molar-refractivity contribution in [1.82, 2.24) is 20.1 Å². The standard InChI is InChI=1S/C14H22N4S/c1-5-12-10(4)19-14(17-12)13(15-6-2)11-8-16-18(7-3)9-11/h8-9,13,15H,5-7H2,1-4H3. The van der Waals surface area contributed by atoms with Gasteiger partial charge in [-0.05, 0) is 26.8 Å². The number of aromatic nitrogens is 3. The van der Waals surface area contributed by atoms with Crippen molar-refractivity contribution in [2.45, 2.75) is 46.7 Å². The maximum atomic E-state index is 4.78. The number of hydrogen-bond donors (Lipinski definition) is 1. The van der Waals surface area contributed by atoms with E-state index in [4.69, 9.17) is 4.98 Å². The molecule has 1 atom stereocenters. The lowest BCUT2D eigenvalue weighted by Gasteiger charge is -2.13. The van der Waals surface area contributed by atoms with Gasteiger partial charge in [-0.25, -0.2) is 4.98 Å². The molecular weight excluding hydrogens is 256 g/mol. The van der Waals surface area contributed by atoms with Gasteiger partial charge in [-0.1, -0.05) is 13.8 Å². The molecule has 0 aliphatic rings. The average molecular weight is 278 g/mol. The van der Waals surface area contributed by atoms with Crippen molar-refractivity contribution in [2.24, 2.45) is 0 Å². The largest absolute Gasteiger partial charge is 0.304 e. The summed E-state index contributed by atoms with van der Waals surface area (Å²) in [4.78, 5) is 6.10. The zero-order valence-corrected chi connectivity index (χ0v) is 12.9. The van der Waals surface area contributed by atoms with Crippen LogP contribution in [0.2, 0.25) is 0 Å². The van der Waals surface area contributed by atoms with Crippen molar-refractivity contribution in [3.05, 3.63) is 33.5 Å². The second-order valence-electron chi connectivity index (χ2n) is 4.53. The smallest absolute Gasteiger partial charge is 0.115 e. The third kappa shape index (κ3) is 3.04. The lowest BCUT2D eigenvalue weighted by atomic mass is 10.1. The Morgan fingerprint density at radius 1 is 1.37 bits per heavy atom. The summed E-state index contributed by atoms with van der Waals surface area (Å²) >= 11 is 1.79. The Labute approximate surface area is 118 Å². The van der Waals surface area contributed by atoms with Crippen LogP contribution in [0.1, 0.15) is 48.0 Å². The lowest BCUT2D eigenvalue weighted by molar-refractivity contribution is 0.620. The van der Waals surface area contributed by atoms with Crippen LogP contribution in [-0.4, -0.2) is 21.3 Å². The third-order valence-electron chi connectivity index (χ3n) is 3.21. The Morgan fingerprint density at radius 3 is 2.68 bits per heavy atom. The molecule has 0 aromatic carbocycles. The van der Waals surface area contributed by atoms with Crippen molar-refractivity contribution in [1.29, 1.82) is 0 Å². The molecule has 0 radical (unpaired) electrons. The first-order chi connectivity index (χ1) is 9.19. The van der Waals surface area contributed by atoms with E-state index in [1.54, 1.807) is 11.3 Å². The predicted octanol–water partition coefficient (Wildman–Crippen LogP) is 2.93. The van der Waals surface area contributed by atoms with Gasteiger partial charge in [-0.2, -0.15) is 5.10 Å². The van der Waals surface area contributed by atoms with Gasteiger partial charge in [0.15, 0.2) is 0 Å². The van der Waals surface area contributed by atoms with Crippen molar-refractivity contribution < 1.29 is 0 Å². The van der Waals surface area contributed by atoms with Crippen LogP contribution in [-0.2, 0) is 13.0 Å².